The number of hydrogen-bond acceptors (Lipinski definition) is 3. The Kier molecular flexibility index (Phi) is 6.19. The van der Waals surface area contributed by atoms with Gasteiger partial charge >= 0.3 is 0 Å². The number of nitrogens with one attached hydrogen (secondary N) is 2. The molecule has 1 fully saturated rings. The van der Waals surface area contributed by atoms with Crippen molar-refractivity contribution < 1.29 is 4.79 Å². The van der Waals surface area contributed by atoms with E-state index in [4.69, 9.17) is 4.98 Å². The lowest BCUT2D eigenvalue weighted by atomic mass is 9.81. The van der Waals surface area contributed by atoms with Crippen molar-refractivity contribution in [2.75, 3.05) is 24.5 Å². The number of aromatic nitrogens is 2. The monoisotopic (exact) mass is 444 g/mol. The van der Waals surface area contributed by atoms with Crippen LogP contribution >= 0.6 is 0 Å². The molecule has 2 heterocycles. The first kappa shape index (κ1) is 23.2. The smallest absolute Gasteiger partial charge is 0.240 e. The minimum absolute atomic E-state index is 0.101. The molecule has 1 aromatic heterocycles. The highest BCUT2D eigenvalue weighted by molar-refractivity contribution is 5.95. The lowest BCUT2D eigenvalue weighted by molar-refractivity contribution is -0.118. The SMILES string of the molecule is Cc1ccc(C(C)(C)C)cc1-c1cnc(CC(C)(C)c2cccc(N3CCNCC3=O)c2)[nH]1. The number of anilines is 1. The highest BCUT2D eigenvalue weighted by atomic mass is 16.2. The molecule has 5 heteroatoms. The normalized spacial score (nSPS) is 15.2. The third-order valence-corrected chi connectivity index (χ3v) is 6.66. The summed E-state index contributed by atoms with van der Waals surface area (Å²) in [6.07, 6.45) is 2.74. The fourth-order valence-electron chi connectivity index (χ4n) is 4.46. The summed E-state index contributed by atoms with van der Waals surface area (Å²) in [6, 6.07) is 15.1. The number of hydrogen-bond donors (Lipinski definition) is 2. The number of benzene rings is 2. The first-order valence-corrected chi connectivity index (χ1v) is 11.8. The molecule has 1 saturated heterocycles. The van der Waals surface area contributed by atoms with Crippen LogP contribution in [0.4, 0.5) is 5.69 Å². The average Bonchev–Trinajstić information content (AvgIpc) is 3.21. The molecule has 0 saturated carbocycles. The maximum Gasteiger partial charge on any atom is 0.240 e. The molecular weight excluding hydrogens is 408 g/mol. The largest absolute Gasteiger partial charge is 0.342 e. The van der Waals surface area contributed by atoms with Gasteiger partial charge in [-0.05, 0) is 52.6 Å². The summed E-state index contributed by atoms with van der Waals surface area (Å²) in [6.45, 7) is 15.3. The predicted molar refractivity (Wildman–Crippen MR) is 136 cm³/mol. The first-order chi connectivity index (χ1) is 15.5. The number of rotatable bonds is 5. The third kappa shape index (κ3) is 5.03. The summed E-state index contributed by atoms with van der Waals surface area (Å²) in [5.74, 6) is 1.10. The summed E-state index contributed by atoms with van der Waals surface area (Å²) in [5.41, 5.74) is 6.97. The molecule has 0 radical (unpaired) electrons. The first-order valence-electron chi connectivity index (χ1n) is 11.8. The summed E-state index contributed by atoms with van der Waals surface area (Å²) < 4.78 is 0. The topological polar surface area (TPSA) is 61.0 Å². The van der Waals surface area contributed by atoms with E-state index in [0.717, 1.165) is 30.2 Å². The summed E-state index contributed by atoms with van der Waals surface area (Å²) in [4.78, 5) is 22.5. The van der Waals surface area contributed by atoms with Crippen LogP contribution in [-0.4, -0.2) is 35.5 Å². The minimum Gasteiger partial charge on any atom is -0.342 e. The van der Waals surface area contributed by atoms with Gasteiger partial charge in [-0.3, -0.25) is 4.79 Å². The van der Waals surface area contributed by atoms with E-state index in [1.807, 2.05) is 17.2 Å². The van der Waals surface area contributed by atoms with Gasteiger partial charge in [0.15, 0.2) is 0 Å². The number of aryl methyl sites for hydroxylation is 1. The van der Waals surface area contributed by atoms with Crippen molar-refractivity contribution in [2.24, 2.45) is 0 Å². The fourth-order valence-corrected chi connectivity index (χ4v) is 4.46. The van der Waals surface area contributed by atoms with Crippen LogP contribution in [0.15, 0.2) is 48.7 Å². The highest BCUT2D eigenvalue weighted by Crippen LogP contribution is 2.32. The fraction of sp³-hybridized carbons (Fsp3) is 0.429. The van der Waals surface area contributed by atoms with Gasteiger partial charge in [-0.2, -0.15) is 0 Å². The van der Waals surface area contributed by atoms with Gasteiger partial charge in [0.1, 0.15) is 5.82 Å². The van der Waals surface area contributed by atoms with E-state index >= 15 is 0 Å². The van der Waals surface area contributed by atoms with Gasteiger partial charge in [0, 0.05) is 30.8 Å². The van der Waals surface area contributed by atoms with Crippen LogP contribution in [-0.2, 0) is 22.0 Å². The molecule has 174 valence electrons. The van der Waals surface area contributed by atoms with Crippen LogP contribution in [0.25, 0.3) is 11.3 Å². The van der Waals surface area contributed by atoms with E-state index in [2.05, 4.69) is 88.2 Å². The third-order valence-electron chi connectivity index (χ3n) is 6.66. The minimum atomic E-state index is -0.134. The van der Waals surface area contributed by atoms with Gasteiger partial charge < -0.3 is 15.2 Å². The van der Waals surface area contributed by atoms with Crippen LogP contribution in [0.1, 0.15) is 57.1 Å². The zero-order chi connectivity index (χ0) is 23.8. The number of imidazole rings is 1. The molecule has 0 atom stereocenters. The van der Waals surface area contributed by atoms with Crippen LogP contribution in [0, 0.1) is 6.92 Å². The van der Waals surface area contributed by atoms with E-state index in [0.29, 0.717) is 13.1 Å². The highest BCUT2D eigenvalue weighted by Gasteiger charge is 2.26. The summed E-state index contributed by atoms with van der Waals surface area (Å²) in [5, 5.41) is 3.14. The Morgan fingerprint density at radius 2 is 1.82 bits per heavy atom. The zero-order valence-electron chi connectivity index (χ0n) is 20.7. The number of aromatic amines is 1. The number of H-pyrrole nitrogens is 1. The Labute approximate surface area is 197 Å². The van der Waals surface area contributed by atoms with Gasteiger partial charge in [0.05, 0.1) is 18.4 Å². The van der Waals surface area contributed by atoms with Gasteiger partial charge in [0.25, 0.3) is 0 Å². The van der Waals surface area contributed by atoms with E-state index in [9.17, 15) is 4.79 Å². The van der Waals surface area contributed by atoms with Crippen molar-refractivity contribution in [3.8, 4) is 11.3 Å². The Balaban J connectivity index is 1.57. The lowest BCUT2D eigenvalue weighted by Gasteiger charge is -2.30. The standard InChI is InChI=1S/C28H36N4O/c1-19-10-11-20(27(2,3)4)15-23(19)24-17-30-25(31-24)16-28(5,6)21-8-7-9-22(14-21)32-13-12-29-18-26(32)33/h7-11,14-15,17,29H,12-13,16,18H2,1-6H3,(H,30,31). The second kappa shape index (κ2) is 8.79. The molecule has 5 nitrogen and oxygen atoms in total. The number of carbonyl (C=O) groups is 1. The Hall–Kier alpha value is -2.92. The maximum absolute atomic E-state index is 12.3. The van der Waals surface area contributed by atoms with Crippen LogP contribution in [0.5, 0.6) is 0 Å². The van der Waals surface area contributed by atoms with Gasteiger partial charge in [0.2, 0.25) is 5.91 Å². The zero-order valence-corrected chi connectivity index (χ0v) is 20.7. The molecule has 0 unspecified atom stereocenters. The van der Waals surface area contributed by atoms with Crippen molar-refractivity contribution in [3.05, 3.63) is 71.2 Å². The molecule has 33 heavy (non-hydrogen) atoms. The average molecular weight is 445 g/mol. The number of amides is 1. The van der Waals surface area contributed by atoms with Crippen molar-refractivity contribution in [3.63, 3.8) is 0 Å². The number of carbonyl (C=O) groups excluding carboxylic acids is 1. The molecule has 2 N–H and O–H groups in total. The second-order valence-corrected chi connectivity index (χ2v) is 10.9. The molecule has 1 aliphatic heterocycles. The number of nitrogens with zero attached hydrogens (tertiary/aromatic N) is 2. The van der Waals surface area contributed by atoms with Crippen molar-refractivity contribution >= 4 is 11.6 Å². The quantitative estimate of drug-likeness (QED) is 0.573. The Bertz CT molecular complexity index is 1150. The lowest BCUT2D eigenvalue weighted by Crippen LogP contribution is -2.48. The van der Waals surface area contributed by atoms with Gasteiger partial charge in [-0.1, -0.05) is 58.9 Å². The van der Waals surface area contributed by atoms with Gasteiger partial charge in [-0.25, -0.2) is 4.98 Å². The van der Waals surface area contributed by atoms with E-state index in [1.165, 1.54) is 22.3 Å². The summed E-state index contributed by atoms with van der Waals surface area (Å²) in [7, 11) is 0. The van der Waals surface area contributed by atoms with Crippen molar-refractivity contribution in [1.82, 2.24) is 15.3 Å². The Morgan fingerprint density at radius 3 is 2.55 bits per heavy atom. The number of piperazine rings is 1. The summed E-state index contributed by atoms with van der Waals surface area (Å²) >= 11 is 0. The molecule has 1 amide bonds. The van der Waals surface area contributed by atoms with E-state index in [1.54, 1.807) is 0 Å². The predicted octanol–water partition coefficient (Wildman–Crippen LogP) is 5.14. The van der Waals surface area contributed by atoms with Crippen LogP contribution < -0.4 is 10.2 Å². The van der Waals surface area contributed by atoms with Crippen LogP contribution in [0.3, 0.4) is 0 Å². The molecule has 3 aromatic rings. The molecule has 0 aliphatic carbocycles. The second-order valence-electron chi connectivity index (χ2n) is 10.9. The van der Waals surface area contributed by atoms with Crippen molar-refractivity contribution in [1.29, 1.82) is 0 Å². The molecule has 2 aromatic carbocycles. The Morgan fingerprint density at radius 1 is 1.03 bits per heavy atom. The molecule has 0 bridgehead atoms. The molecule has 0 spiro atoms. The maximum atomic E-state index is 12.3. The molecular formula is C28H36N4O. The van der Waals surface area contributed by atoms with E-state index in [-0.39, 0.29) is 16.7 Å². The van der Waals surface area contributed by atoms with Gasteiger partial charge in [-0.15, -0.1) is 0 Å². The molecule has 1 aliphatic rings. The molecule has 4 rings (SSSR count). The van der Waals surface area contributed by atoms with Crippen LogP contribution in [0.2, 0.25) is 0 Å². The van der Waals surface area contributed by atoms with Crippen molar-refractivity contribution in [2.45, 2.75) is 58.8 Å². The van der Waals surface area contributed by atoms with E-state index < -0.39 is 0 Å².